The first-order chi connectivity index (χ1) is 13.7. The lowest BCUT2D eigenvalue weighted by Gasteiger charge is -2.37. The fourth-order valence-electron chi connectivity index (χ4n) is 3.95. The summed E-state index contributed by atoms with van der Waals surface area (Å²) in [6.07, 6.45) is 1.59. The molecule has 0 N–H and O–H groups in total. The SMILES string of the molecule is CN1CCN(C(=O)C2CCN(C(=O)CSc3ccc(C(C)(C)C)cc3)CC2)CC1. The Bertz CT molecular complexity index is 698. The van der Waals surface area contributed by atoms with Crippen molar-refractivity contribution >= 4 is 23.6 Å². The zero-order valence-corrected chi connectivity index (χ0v) is 19.1. The highest BCUT2D eigenvalue weighted by Gasteiger charge is 2.31. The number of carbonyl (C=O) groups excluding carboxylic acids is 2. The molecule has 2 aliphatic rings. The third-order valence-electron chi connectivity index (χ3n) is 6.09. The lowest BCUT2D eigenvalue weighted by atomic mass is 9.87. The molecular weight excluding hydrogens is 382 g/mol. The van der Waals surface area contributed by atoms with Gasteiger partial charge >= 0.3 is 0 Å². The van der Waals surface area contributed by atoms with Gasteiger partial charge in [0, 0.05) is 50.1 Å². The molecule has 0 saturated carbocycles. The van der Waals surface area contributed by atoms with Crippen molar-refractivity contribution in [2.45, 2.75) is 43.9 Å². The van der Waals surface area contributed by atoms with Crippen molar-refractivity contribution in [1.82, 2.24) is 14.7 Å². The van der Waals surface area contributed by atoms with Gasteiger partial charge in [-0.15, -0.1) is 11.8 Å². The van der Waals surface area contributed by atoms with E-state index >= 15 is 0 Å². The predicted molar refractivity (Wildman–Crippen MR) is 119 cm³/mol. The fourth-order valence-corrected chi connectivity index (χ4v) is 4.75. The van der Waals surface area contributed by atoms with Gasteiger partial charge in [-0.1, -0.05) is 32.9 Å². The average molecular weight is 418 g/mol. The normalized spacial score (nSPS) is 19.4. The number of rotatable bonds is 4. The van der Waals surface area contributed by atoms with Gasteiger partial charge in [0.05, 0.1) is 5.75 Å². The van der Waals surface area contributed by atoms with Gasteiger partial charge in [-0.05, 0) is 43.0 Å². The van der Waals surface area contributed by atoms with Crippen LogP contribution in [0.15, 0.2) is 29.2 Å². The number of piperazine rings is 1. The second-order valence-corrected chi connectivity index (χ2v) is 10.4. The fraction of sp³-hybridized carbons (Fsp3) is 0.652. The Labute approximate surface area is 179 Å². The molecule has 0 spiro atoms. The molecule has 2 fully saturated rings. The summed E-state index contributed by atoms with van der Waals surface area (Å²) in [5.41, 5.74) is 1.45. The van der Waals surface area contributed by atoms with E-state index in [1.807, 2.05) is 9.80 Å². The summed E-state index contributed by atoms with van der Waals surface area (Å²) in [5, 5.41) is 0. The highest BCUT2D eigenvalue weighted by atomic mass is 32.2. The summed E-state index contributed by atoms with van der Waals surface area (Å²) in [7, 11) is 2.10. The number of likely N-dealkylation sites (tertiary alicyclic amines) is 1. The van der Waals surface area contributed by atoms with Crippen LogP contribution in [0.1, 0.15) is 39.2 Å². The summed E-state index contributed by atoms with van der Waals surface area (Å²) in [6, 6.07) is 8.53. The van der Waals surface area contributed by atoms with E-state index in [2.05, 4.69) is 57.0 Å². The number of carbonyl (C=O) groups is 2. The van der Waals surface area contributed by atoms with Crippen LogP contribution in [-0.2, 0) is 15.0 Å². The van der Waals surface area contributed by atoms with Crippen LogP contribution in [0.4, 0.5) is 0 Å². The Morgan fingerprint density at radius 3 is 2.07 bits per heavy atom. The molecule has 29 heavy (non-hydrogen) atoms. The summed E-state index contributed by atoms with van der Waals surface area (Å²) in [5.74, 6) is 1.02. The first-order valence-corrected chi connectivity index (χ1v) is 11.7. The monoisotopic (exact) mass is 417 g/mol. The molecule has 5 nitrogen and oxygen atoms in total. The van der Waals surface area contributed by atoms with E-state index in [0.717, 1.165) is 43.9 Å². The number of benzene rings is 1. The number of likely N-dealkylation sites (N-methyl/N-ethyl adjacent to an activating group) is 1. The molecule has 0 unspecified atom stereocenters. The molecule has 1 aromatic carbocycles. The lowest BCUT2D eigenvalue weighted by Crippen LogP contribution is -2.51. The molecule has 0 aromatic heterocycles. The number of thioether (sulfide) groups is 1. The molecule has 2 saturated heterocycles. The molecular formula is C23H35N3O2S. The van der Waals surface area contributed by atoms with Crippen molar-refractivity contribution in [2.75, 3.05) is 52.1 Å². The number of hydrogen-bond donors (Lipinski definition) is 0. The van der Waals surface area contributed by atoms with Crippen LogP contribution in [0, 0.1) is 5.92 Å². The second-order valence-electron chi connectivity index (χ2n) is 9.35. The van der Waals surface area contributed by atoms with Crippen LogP contribution in [0.5, 0.6) is 0 Å². The maximum absolute atomic E-state index is 12.7. The van der Waals surface area contributed by atoms with Gasteiger partial charge < -0.3 is 14.7 Å². The van der Waals surface area contributed by atoms with Gasteiger partial charge in [0.1, 0.15) is 0 Å². The van der Waals surface area contributed by atoms with Crippen molar-refractivity contribution in [1.29, 1.82) is 0 Å². The van der Waals surface area contributed by atoms with E-state index in [1.54, 1.807) is 11.8 Å². The number of piperidine rings is 1. The van der Waals surface area contributed by atoms with E-state index in [9.17, 15) is 9.59 Å². The van der Waals surface area contributed by atoms with Crippen molar-refractivity contribution < 1.29 is 9.59 Å². The van der Waals surface area contributed by atoms with Crippen molar-refractivity contribution in [3.63, 3.8) is 0 Å². The average Bonchev–Trinajstić information content (AvgIpc) is 2.72. The van der Waals surface area contributed by atoms with Crippen molar-refractivity contribution in [2.24, 2.45) is 5.92 Å². The Kier molecular flexibility index (Phi) is 7.28. The minimum absolute atomic E-state index is 0.0834. The van der Waals surface area contributed by atoms with E-state index in [-0.39, 0.29) is 17.2 Å². The Hall–Kier alpha value is -1.53. The van der Waals surface area contributed by atoms with Gasteiger partial charge in [-0.25, -0.2) is 0 Å². The predicted octanol–water partition coefficient (Wildman–Crippen LogP) is 3.09. The molecule has 0 radical (unpaired) electrons. The quantitative estimate of drug-likeness (QED) is 0.706. The van der Waals surface area contributed by atoms with Crippen molar-refractivity contribution in [3.05, 3.63) is 29.8 Å². The lowest BCUT2D eigenvalue weighted by molar-refractivity contribution is -0.141. The number of hydrogen-bond acceptors (Lipinski definition) is 4. The highest BCUT2D eigenvalue weighted by Crippen LogP contribution is 2.26. The molecule has 6 heteroatoms. The molecule has 160 valence electrons. The topological polar surface area (TPSA) is 43.9 Å². The molecule has 1 aromatic rings. The molecule has 3 rings (SSSR count). The van der Waals surface area contributed by atoms with Crippen LogP contribution in [-0.4, -0.2) is 78.6 Å². The maximum Gasteiger partial charge on any atom is 0.232 e. The molecule has 0 atom stereocenters. The minimum atomic E-state index is 0.0834. The van der Waals surface area contributed by atoms with Crippen LogP contribution in [0.3, 0.4) is 0 Å². The van der Waals surface area contributed by atoms with Gasteiger partial charge in [-0.2, -0.15) is 0 Å². The van der Waals surface area contributed by atoms with E-state index in [4.69, 9.17) is 0 Å². The Balaban J connectivity index is 1.42. The largest absolute Gasteiger partial charge is 0.342 e. The zero-order chi connectivity index (χ0) is 21.0. The Morgan fingerprint density at radius 2 is 1.52 bits per heavy atom. The van der Waals surface area contributed by atoms with Crippen LogP contribution in [0.2, 0.25) is 0 Å². The second kappa shape index (κ2) is 9.52. The molecule has 0 bridgehead atoms. The summed E-state index contributed by atoms with van der Waals surface area (Å²) < 4.78 is 0. The molecule has 2 aliphatic heterocycles. The van der Waals surface area contributed by atoms with Crippen LogP contribution in [0.25, 0.3) is 0 Å². The Morgan fingerprint density at radius 1 is 0.931 bits per heavy atom. The van der Waals surface area contributed by atoms with Gasteiger partial charge in [0.15, 0.2) is 0 Å². The number of nitrogens with zero attached hydrogens (tertiary/aromatic N) is 3. The van der Waals surface area contributed by atoms with Gasteiger partial charge in [-0.3, -0.25) is 9.59 Å². The maximum atomic E-state index is 12.7. The smallest absolute Gasteiger partial charge is 0.232 e. The summed E-state index contributed by atoms with van der Waals surface area (Å²) in [6.45, 7) is 11.6. The molecule has 2 heterocycles. The standard InChI is InChI=1S/C23H35N3O2S/c1-23(2,3)19-5-7-20(8-6-19)29-17-21(27)25-11-9-18(10-12-25)22(28)26-15-13-24(4)14-16-26/h5-8,18H,9-17H2,1-4H3. The summed E-state index contributed by atoms with van der Waals surface area (Å²) in [4.78, 5) is 32.7. The first kappa shape index (κ1) is 22.2. The zero-order valence-electron chi connectivity index (χ0n) is 18.3. The van der Waals surface area contributed by atoms with Crippen molar-refractivity contribution in [3.8, 4) is 0 Å². The number of amides is 2. The minimum Gasteiger partial charge on any atom is -0.342 e. The highest BCUT2D eigenvalue weighted by molar-refractivity contribution is 8.00. The van der Waals surface area contributed by atoms with E-state index < -0.39 is 0 Å². The molecule has 2 amide bonds. The van der Waals surface area contributed by atoms with Gasteiger partial charge in [0.25, 0.3) is 0 Å². The van der Waals surface area contributed by atoms with Crippen LogP contribution < -0.4 is 0 Å². The van der Waals surface area contributed by atoms with Crippen LogP contribution >= 0.6 is 11.8 Å². The first-order valence-electron chi connectivity index (χ1n) is 10.7. The van der Waals surface area contributed by atoms with E-state index in [1.165, 1.54) is 5.56 Å². The third-order valence-corrected chi connectivity index (χ3v) is 7.09. The summed E-state index contributed by atoms with van der Waals surface area (Å²) >= 11 is 1.60. The van der Waals surface area contributed by atoms with Gasteiger partial charge in [0.2, 0.25) is 11.8 Å². The molecule has 0 aliphatic carbocycles. The third kappa shape index (κ3) is 5.98. The van der Waals surface area contributed by atoms with E-state index in [0.29, 0.717) is 24.7 Å².